The highest BCUT2D eigenvalue weighted by atomic mass is 16.7. The molecule has 0 heterocycles. The average Bonchev–Trinajstić information content (AvgIpc) is 2.36. The van der Waals surface area contributed by atoms with Crippen molar-refractivity contribution in [1.82, 2.24) is 5.32 Å². The summed E-state index contributed by atoms with van der Waals surface area (Å²) < 4.78 is 9.87. The zero-order chi connectivity index (χ0) is 18.0. The van der Waals surface area contributed by atoms with E-state index in [1.807, 2.05) is 6.92 Å². The minimum Gasteiger partial charge on any atom is -0.481 e. The van der Waals surface area contributed by atoms with Gasteiger partial charge in [-0.1, -0.05) is 40.5 Å². The molecule has 0 aliphatic carbocycles. The SMILES string of the molecule is CCCC(C)CC(CC(=O)O)NC(=O)O[C@@H](C)OC(=O)C(C)C. The molecule has 3 atom stereocenters. The Kier molecular flexibility index (Phi) is 10.0. The number of esters is 1. The number of carbonyl (C=O) groups is 3. The van der Waals surface area contributed by atoms with Crippen LogP contribution < -0.4 is 5.32 Å². The van der Waals surface area contributed by atoms with Crippen molar-refractivity contribution in [2.24, 2.45) is 11.8 Å². The van der Waals surface area contributed by atoms with Crippen LogP contribution in [0.15, 0.2) is 0 Å². The number of ether oxygens (including phenoxy) is 2. The molecule has 0 aliphatic heterocycles. The van der Waals surface area contributed by atoms with E-state index in [1.54, 1.807) is 13.8 Å². The van der Waals surface area contributed by atoms with Gasteiger partial charge in [-0.05, 0) is 12.3 Å². The van der Waals surface area contributed by atoms with E-state index < -0.39 is 30.4 Å². The molecule has 7 nitrogen and oxygen atoms in total. The number of nitrogens with one attached hydrogen (secondary N) is 1. The predicted octanol–water partition coefficient (Wildman–Crippen LogP) is 2.93. The van der Waals surface area contributed by atoms with Gasteiger partial charge in [0.05, 0.1) is 12.3 Å². The van der Waals surface area contributed by atoms with E-state index in [0.29, 0.717) is 12.3 Å². The summed E-state index contributed by atoms with van der Waals surface area (Å²) >= 11 is 0. The molecule has 7 heteroatoms. The highest BCUT2D eigenvalue weighted by Gasteiger charge is 2.22. The molecule has 0 saturated carbocycles. The first kappa shape index (κ1) is 21.2. The number of hydrogen-bond acceptors (Lipinski definition) is 5. The maximum absolute atomic E-state index is 11.8. The van der Waals surface area contributed by atoms with Gasteiger partial charge in [0.1, 0.15) is 0 Å². The third kappa shape index (κ3) is 10.5. The Hall–Kier alpha value is -1.79. The summed E-state index contributed by atoms with van der Waals surface area (Å²) in [6.45, 7) is 8.85. The third-order valence-electron chi connectivity index (χ3n) is 3.24. The molecule has 0 rings (SSSR count). The second-order valence-electron chi connectivity index (χ2n) is 6.13. The van der Waals surface area contributed by atoms with E-state index in [2.05, 4.69) is 12.2 Å². The van der Waals surface area contributed by atoms with Crippen LogP contribution in [0.1, 0.15) is 60.3 Å². The Balaban J connectivity index is 4.46. The number of amides is 1. The Morgan fingerprint density at radius 2 is 1.70 bits per heavy atom. The van der Waals surface area contributed by atoms with Crippen LogP contribution in [0.4, 0.5) is 4.79 Å². The van der Waals surface area contributed by atoms with Gasteiger partial charge in [-0.25, -0.2) is 4.79 Å². The number of rotatable bonds is 10. The fraction of sp³-hybridized carbons (Fsp3) is 0.812. The summed E-state index contributed by atoms with van der Waals surface area (Å²) in [6, 6.07) is -0.519. The van der Waals surface area contributed by atoms with Crippen LogP contribution in [0.25, 0.3) is 0 Å². The molecular formula is C16H29NO6. The van der Waals surface area contributed by atoms with Crippen LogP contribution in [0.2, 0.25) is 0 Å². The van der Waals surface area contributed by atoms with Crippen molar-refractivity contribution in [3.8, 4) is 0 Å². The highest BCUT2D eigenvalue weighted by Crippen LogP contribution is 2.15. The van der Waals surface area contributed by atoms with Crippen molar-refractivity contribution >= 4 is 18.0 Å². The summed E-state index contributed by atoms with van der Waals surface area (Å²) in [6.07, 6.45) is 0.508. The molecule has 2 N–H and O–H groups in total. The van der Waals surface area contributed by atoms with Crippen molar-refractivity contribution in [2.75, 3.05) is 0 Å². The first-order valence-electron chi connectivity index (χ1n) is 8.05. The monoisotopic (exact) mass is 331 g/mol. The van der Waals surface area contributed by atoms with Crippen LogP contribution in [0.5, 0.6) is 0 Å². The number of aliphatic carboxylic acids is 1. The lowest BCUT2D eigenvalue weighted by Gasteiger charge is -2.22. The van der Waals surface area contributed by atoms with Gasteiger partial charge in [0.15, 0.2) is 0 Å². The third-order valence-corrected chi connectivity index (χ3v) is 3.24. The maximum atomic E-state index is 11.8. The summed E-state index contributed by atoms with van der Waals surface area (Å²) in [5.41, 5.74) is 0. The topological polar surface area (TPSA) is 102 Å². The van der Waals surface area contributed by atoms with Crippen LogP contribution >= 0.6 is 0 Å². The first-order valence-corrected chi connectivity index (χ1v) is 8.05. The van der Waals surface area contributed by atoms with Gasteiger partial charge in [-0.2, -0.15) is 0 Å². The molecule has 0 saturated heterocycles. The Bertz CT molecular complexity index is 396. The zero-order valence-corrected chi connectivity index (χ0v) is 14.6. The van der Waals surface area contributed by atoms with Crippen LogP contribution in [-0.2, 0) is 19.1 Å². The lowest BCUT2D eigenvalue weighted by molar-refractivity contribution is -0.168. The number of carboxylic acid groups (broad SMARTS) is 1. The van der Waals surface area contributed by atoms with E-state index in [0.717, 1.165) is 12.8 Å². The van der Waals surface area contributed by atoms with Crippen LogP contribution in [0.3, 0.4) is 0 Å². The second kappa shape index (κ2) is 10.9. The lowest BCUT2D eigenvalue weighted by Crippen LogP contribution is -2.40. The molecule has 0 aliphatic rings. The second-order valence-corrected chi connectivity index (χ2v) is 6.13. The number of carboxylic acids is 1. The molecule has 2 unspecified atom stereocenters. The Morgan fingerprint density at radius 3 is 2.17 bits per heavy atom. The Labute approximate surface area is 137 Å². The number of carbonyl (C=O) groups excluding carboxylic acids is 2. The molecule has 0 aromatic heterocycles. The summed E-state index contributed by atoms with van der Waals surface area (Å²) in [5, 5.41) is 11.5. The standard InChI is InChI=1S/C16H29NO6/c1-6-7-11(4)8-13(9-14(18)19)17-16(21)23-12(5)22-15(20)10(2)3/h10-13H,6-9H2,1-5H3,(H,17,21)(H,18,19)/t11?,12-,13?/m0/s1. The van der Waals surface area contributed by atoms with Gasteiger partial charge >= 0.3 is 18.0 Å². The summed E-state index contributed by atoms with van der Waals surface area (Å²) in [7, 11) is 0. The van der Waals surface area contributed by atoms with E-state index >= 15 is 0 Å². The van der Waals surface area contributed by atoms with Crippen molar-refractivity contribution in [1.29, 1.82) is 0 Å². The maximum Gasteiger partial charge on any atom is 0.410 e. The number of hydrogen-bond donors (Lipinski definition) is 2. The summed E-state index contributed by atoms with van der Waals surface area (Å²) in [5.74, 6) is -1.48. The molecule has 134 valence electrons. The molecule has 1 amide bonds. The van der Waals surface area contributed by atoms with Crippen LogP contribution in [-0.4, -0.2) is 35.5 Å². The fourth-order valence-electron chi connectivity index (χ4n) is 2.18. The minimum atomic E-state index is -1.02. The van der Waals surface area contributed by atoms with E-state index in [-0.39, 0.29) is 12.3 Å². The van der Waals surface area contributed by atoms with Crippen molar-refractivity contribution in [3.05, 3.63) is 0 Å². The summed E-state index contributed by atoms with van der Waals surface area (Å²) in [4.78, 5) is 34.1. The van der Waals surface area contributed by atoms with E-state index in [9.17, 15) is 14.4 Å². The Morgan fingerprint density at radius 1 is 1.09 bits per heavy atom. The zero-order valence-electron chi connectivity index (χ0n) is 14.6. The van der Waals surface area contributed by atoms with E-state index in [1.165, 1.54) is 6.92 Å². The van der Waals surface area contributed by atoms with Gasteiger partial charge in [0.25, 0.3) is 0 Å². The van der Waals surface area contributed by atoms with E-state index in [4.69, 9.17) is 14.6 Å². The van der Waals surface area contributed by atoms with Gasteiger partial charge < -0.3 is 19.9 Å². The molecule has 0 spiro atoms. The normalized spacial score (nSPS) is 14.7. The number of alkyl carbamates (subject to hydrolysis) is 1. The largest absolute Gasteiger partial charge is 0.481 e. The molecule has 23 heavy (non-hydrogen) atoms. The highest BCUT2D eigenvalue weighted by molar-refractivity contribution is 5.73. The molecule has 0 radical (unpaired) electrons. The molecule has 0 bridgehead atoms. The fourth-order valence-corrected chi connectivity index (χ4v) is 2.18. The van der Waals surface area contributed by atoms with Gasteiger partial charge in [-0.3, -0.25) is 9.59 Å². The van der Waals surface area contributed by atoms with Gasteiger partial charge in [-0.15, -0.1) is 0 Å². The smallest absolute Gasteiger partial charge is 0.410 e. The average molecular weight is 331 g/mol. The van der Waals surface area contributed by atoms with Crippen LogP contribution in [0, 0.1) is 11.8 Å². The minimum absolute atomic E-state index is 0.177. The van der Waals surface area contributed by atoms with Crippen molar-refractivity contribution in [2.45, 2.75) is 72.6 Å². The van der Waals surface area contributed by atoms with Crippen molar-refractivity contribution in [3.63, 3.8) is 0 Å². The lowest BCUT2D eigenvalue weighted by atomic mass is 9.95. The molecule has 0 aromatic rings. The first-order chi connectivity index (χ1) is 10.6. The van der Waals surface area contributed by atoms with Gasteiger partial charge in [0, 0.05) is 13.0 Å². The van der Waals surface area contributed by atoms with Crippen molar-refractivity contribution < 1.29 is 29.0 Å². The molecule has 0 fully saturated rings. The van der Waals surface area contributed by atoms with Gasteiger partial charge in [0.2, 0.25) is 6.29 Å². The quantitative estimate of drug-likeness (QED) is 0.471. The molecular weight excluding hydrogens is 302 g/mol. The predicted molar refractivity (Wildman–Crippen MR) is 84.7 cm³/mol. The molecule has 0 aromatic carbocycles.